The van der Waals surface area contributed by atoms with Crippen molar-refractivity contribution in [3.05, 3.63) is 65.5 Å². The van der Waals surface area contributed by atoms with Gasteiger partial charge in [0.25, 0.3) is 0 Å². The molecule has 0 aliphatic carbocycles. The molecule has 0 fully saturated rings. The summed E-state index contributed by atoms with van der Waals surface area (Å²) in [7, 11) is 0. The van der Waals surface area contributed by atoms with Crippen molar-refractivity contribution in [3.8, 4) is 0 Å². The lowest BCUT2D eigenvalue weighted by Gasteiger charge is -2.07. The second-order valence-corrected chi connectivity index (χ2v) is 4.98. The van der Waals surface area contributed by atoms with Crippen LogP contribution in [0.25, 0.3) is 0 Å². The zero-order chi connectivity index (χ0) is 16.5. The number of amides is 1. The maximum atomic E-state index is 11.5. The Balaban J connectivity index is 1.66. The van der Waals surface area contributed by atoms with Crippen LogP contribution in [0, 0.1) is 0 Å². The zero-order valence-electron chi connectivity index (χ0n) is 12.6. The maximum Gasteiger partial charge on any atom is 0.407 e. The van der Waals surface area contributed by atoms with Gasteiger partial charge in [0.15, 0.2) is 0 Å². The molecule has 6 nitrogen and oxygen atoms in total. The van der Waals surface area contributed by atoms with Crippen LogP contribution in [0.5, 0.6) is 0 Å². The molecule has 1 aromatic heterocycles. The molecule has 23 heavy (non-hydrogen) atoms. The molecule has 0 saturated heterocycles. The third kappa shape index (κ3) is 5.78. The van der Waals surface area contributed by atoms with Gasteiger partial charge in [-0.25, -0.2) is 9.59 Å². The van der Waals surface area contributed by atoms with Crippen LogP contribution in [0.3, 0.4) is 0 Å². The molecule has 0 aliphatic rings. The Labute approximate surface area is 134 Å². The first-order valence-corrected chi connectivity index (χ1v) is 7.27. The lowest BCUT2D eigenvalue weighted by atomic mass is 10.1. The van der Waals surface area contributed by atoms with Crippen LogP contribution < -0.4 is 5.32 Å². The Bertz CT molecular complexity index is 659. The van der Waals surface area contributed by atoms with E-state index in [4.69, 9.17) is 9.84 Å². The van der Waals surface area contributed by atoms with Gasteiger partial charge in [-0.1, -0.05) is 30.3 Å². The number of ether oxygens (including phenoxy) is 1. The molecule has 2 aromatic rings. The zero-order valence-corrected chi connectivity index (χ0v) is 12.6. The minimum atomic E-state index is -0.998. The fraction of sp³-hybridized carbons (Fsp3) is 0.235. The van der Waals surface area contributed by atoms with Crippen LogP contribution in [0.15, 0.2) is 48.8 Å². The van der Waals surface area contributed by atoms with Crippen molar-refractivity contribution in [1.29, 1.82) is 0 Å². The van der Waals surface area contributed by atoms with Gasteiger partial charge < -0.3 is 15.2 Å². The lowest BCUT2D eigenvalue weighted by molar-refractivity contribution is 0.0696. The molecule has 0 saturated carbocycles. The molecule has 2 rings (SSSR count). The van der Waals surface area contributed by atoms with Gasteiger partial charge in [-0.3, -0.25) is 4.98 Å². The summed E-state index contributed by atoms with van der Waals surface area (Å²) in [6.45, 7) is 0.683. The Morgan fingerprint density at radius 2 is 1.91 bits per heavy atom. The maximum absolute atomic E-state index is 11.5. The third-order valence-electron chi connectivity index (χ3n) is 3.17. The van der Waals surface area contributed by atoms with Gasteiger partial charge in [0.1, 0.15) is 6.61 Å². The number of pyridine rings is 1. The summed E-state index contributed by atoms with van der Waals surface area (Å²) in [5, 5.41) is 11.6. The number of aryl methyl sites for hydroxylation is 1. The highest BCUT2D eigenvalue weighted by atomic mass is 16.5. The van der Waals surface area contributed by atoms with E-state index in [1.165, 1.54) is 6.20 Å². The Morgan fingerprint density at radius 1 is 1.13 bits per heavy atom. The van der Waals surface area contributed by atoms with Crippen molar-refractivity contribution >= 4 is 12.1 Å². The first kappa shape index (κ1) is 16.5. The minimum absolute atomic E-state index is 0.165. The number of hydrogen-bond donors (Lipinski definition) is 2. The predicted molar refractivity (Wildman–Crippen MR) is 84.1 cm³/mol. The summed E-state index contributed by atoms with van der Waals surface area (Å²) in [6.07, 6.45) is 3.77. The van der Waals surface area contributed by atoms with Crippen molar-refractivity contribution in [2.45, 2.75) is 19.4 Å². The Kier molecular flexibility index (Phi) is 6.11. The van der Waals surface area contributed by atoms with Gasteiger partial charge in [0, 0.05) is 18.9 Å². The summed E-state index contributed by atoms with van der Waals surface area (Å²) in [5.74, 6) is -0.998. The van der Waals surface area contributed by atoms with Crippen LogP contribution in [0.1, 0.15) is 27.9 Å². The lowest BCUT2D eigenvalue weighted by Crippen LogP contribution is -2.25. The largest absolute Gasteiger partial charge is 0.478 e. The van der Waals surface area contributed by atoms with E-state index in [9.17, 15) is 9.59 Å². The van der Waals surface area contributed by atoms with Crippen molar-refractivity contribution in [2.24, 2.45) is 0 Å². The summed E-state index contributed by atoms with van der Waals surface area (Å²) >= 11 is 0. The number of carbonyl (C=O) groups excluding carboxylic acids is 1. The topological polar surface area (TPSA) is 88.5 Å². The third-order valence-corrected chi connectivity index (χ3v) is 3.17. The van der Waals surface area contributed by atoms with Crippen molar-refractivity contribution in [2.75, 3.05) is 6.54 Å². The van der Waals surface area contributed by atoms with Crippen LogP contribution in [0.2, 0.25) is 0 Å². The molecule has 2 N–H and O–H groups in total. The summed E-state index contributed by atoms with van der Waals surface area (Å²) in [4.78, 5) is 26.3. The van der Waals surface area contributed by atoms with Gasteiger partial charge in [-0.05, 0) is 30.0 Å². The fourth-order valence-electron chi connectivity index (χ4n) is 2.00. The monoisotopic (exact) mass is 314 g/mol. The van der Waals surface area contributed by atoms with E-state index in [1.54, 1.807) is 12.3 Å². The summed E-state index contributed by atoms with van der Waals surface area (Å²) in [6, 6.07) is 11.0. The molecule has 120 valence electrons. The predicted octanol–water partition coefficient (Wildman–Crippen LogP) is 2.64. The Hall–Kier alpha value is -2.89. The van der Waals surface area contributed by atoms with Gasteiger partial charge in [-0.15, -0.1) is 0 Å². The molecule has 0 aliphatic heterocycles. The number of carboxylic acids is 1. The standard InChI is InChI=1S/C17H18N2O4/c20-16(21)15-9-14(10-18-11-15)7-4-8-19-17(22)23-12-13-5-2-1-3-6-13/h1-3,5-6,9-11H,4,7-8,12H2,(H,19,22)(H,20,21). The van der Waals surface area contributed by atoms with Crippen molar-refractivity contribution in [3.63, 3.8) is 0 Å². The first-order valence-electron chi connectivity index (χ1n) is 7.27. The highest BCUT2D eigenvalue weighted by molar-refractivity contribution is 5.87. The van der Waals surface area contributed by atoms with Gasteiger partial charge >= 0.3 is 12.1 Å². The van der Waals surface area contributed by atoms with E-state index < -0.39 is 12.1 Å². The van der Waals surface area contributed by atoms with Gasteiger partial charge in [0.05, 0.1) is 5.56 Å². The van der Waals surface area contributed by atoms with E-state index in [1.807, 2.05) is 30.3 Å². The normalized spacial score (nSPS) is 10.1. The number of rotatable bonds is 7. The highest BCUT2D eigenvalue weighted by Crippen LogP contribution is 2.05. The molecule has 6 heteroatoms. The number of aromatic nitrogens is 1. The average molecular weight is 314 g/mol. The number of alkyl carbamates (subject to hydrolysis) is 1. The van der Waals surface area contributed by atoms with E-state index in [0.29, 0.717) is 19.4 Å². The average Bonchev–Trinajstić information content (AvgIpc) is 2.58. The number of nitrogens with zero attached hydrogens (tertiary/aromatic N) is 1. The number of aromatic carboxylic acids is 1. The van der Waals surface area contributed by atoms with Crippen molar-refractivity contribution in [1.82, 2.24) is 10.3 Å². The summed E-state index contributed by atoms with van der Waals surface area (Å²) < 4.78 is 5.09. The first-order chi connectivity index (χ1) is 11.1. The molecule has 0 spiro atoms. The number of nitrogens with one attached hydrogen (secondary N) is 1. The SMILES string of the molecule is O=C(NCCCc1cncc(C(=O)O)c1)OCc1ccccc1. The molecule has 1 amide bonds. The second-order valence-electron chi connectivity index (χ2n) is 4.98. The molecular weight excluding hydrogens is 296 g/mol. The number of benzene rings is 1. The van der Waals surface area contributed by atoms with E-state index in [2.05, 4.69) is 10.3 Å². The second kappa shape index (κ2) is 8.53. The van der Waals surface area contributed by atoms with E-state index in [0.717, 1.165) is 11.1 Å². The Morgan fingerprint density at radius 3 is 2.65 bits per heavy atom. The number of hydrogen-bond acceptors (Lipinski definition) is 4. The molecule has 0 atom stereocenters. The molecular formula is C17H18N2O4. The fourth-order valence-corrected chi connectivity index (χ4v) is 2.00. The highest BCUT2D eigenvalue weighted by Gasteiger charge is 2.05. The number of carboxylic acid groups (broad SMARTS) is 1. The molecule has 1 heterocycles. The van der Waals surface area contributed by atoms with Crippen LogP contribution in [0.4, 0.5) is 4.79 Å². The number of carbonyl (C=O) groups is 2. The minimum Gasteiger partial charge on any atom is -0.478 e. The van der Waals surface area contributed by atoms with Gasteiger partial charge in [0.2, 0.25) is 0 Å². The van der Waals surface area contributed by atoms with E-state index >= 15 is 0 Å². The molecule has 1 aromatic carbocycles. The quantitative estimate of drug-likeness (QED) is 0.767. The smallest absolute Gasteiger partial charge is 0.407 e. The molecule has 0 bridgehead atoms. The summed E-state index contributed by atoms with van der Waals surface area (Å²) in [5.41, 5.74) is 1.92. The van der Waals surface area contributed by atoms with Crippen LogP contribution in [-0.4, -0.2) is 28.7 Å². The van der Waals surface area contributed by atoms with E-state index in [-0.39, 0.29) is 12.2 Å². The van der Waals surface area contributed by atoms with Gasteiger partial charge in [-0.2, -0.15) is 0 Å². The van der Waals surface area contributed by atoms with Crippen LogP contribution >= 0.6 is 0 Å². The molecule has 0 radical (unpaired) electrons. The van der Waals surface area contributed by atoms with Crippen LogP contribution in [-0.2, 0) is 17.8 Å². The van der Waals surface area contributed by atoms with Crippen molar-refractivity contribution < 1.29 is 19.4 Å². The molecule has 0 unspecified atom stereocenters.